The van der Waals surface area contributed by atoms with Crippen molar-refractivity contribution in [3.63, 3.8) is 0 Å². The number of carbonyl (C=O) groups excluding carboxylic acids is 1. The number of hydrogen-bond donors (Lipinski definition) is 1. The molecule has 0 saturated heterocycles. The Kier molecular flexibility index (Phi) is 5.92. The van der Waals surface area contributed by atoms with Gasteiger partial charge in [-0.05, 0) is 60.7 Å². The highest BCUT2D eigenvalue weighted by Crippen LogP contribution is 2.37. The van der Waals surface area contributed by atoms with Gasteiger partial charge in [0.2, 0.25) is 11.1 Å². The van der Waals surface area contributed by atoms with Gasteiger partial charge in [-0.2, -0.15) is 9.94 Å². The number of nitrogens with zero attached hydrogens (tertiary/aromatic N) is 5. The van der Waals surface area contributed by atoms with Crippen LogP contribution in [0.25, 0.3) is 5.69 Å². The van der Waals surface area contributed by atoms with E-state index in [1.165, 1.54) is 23.1 Å². The summed E-state index contributed by atoms with van der Waals surface area (Å²) in [5, 5.41) is 25.5. The average molecular weight is 425 g/mol. The molecule has 7 nitrogen and oxygen atoms in total. The van der Waals surface area contributed by atoms with Crippen molar-refractivity contribution >= 4 is 34.0 Å². The molecule has 0 spiro atoms. The molecule has 2 aromatic heterocycles. The van der Waals surface area contributed by atoms with Crippen molar-refractivity contribution in [2.45, 2.75) is 44.2 Å². The van der Waals surface area contributed by atoms with E-state index < -0.39 is 0 Å². The molecule has 1 amide bonds. The molecule has 1 aliphatic carbocycles. The van der Waals surface area contributed by atoms with Gasteiger partial charge in [-0.25, -0.2) is 0 Å². The number of nitriles is 1. The Hall–Kier alpha value is -2.70. The Bertz CT molecular complexity index is 1060. The molecule has 4 rings (SSSR count). The molecule has 0 fully saturated rings. The van der Waals surface area contributed by atoms with Gasteiger partial charge in [0.1, 0.15) is 11.1 Å². The maximum absolute atomic E-state index is 12.5. The summed E-state index contributed by atoms with van der Waals surface area (Å²) in [6, 6.07) is 10.1. The first-order valence-corrected chi connectivity index (χ1v) is 11.3. The van der Waals surface area contributed by atoms with E-state index in [1.54, 1.807) is 16.0 Å². The van der Waals surface area contributed by atoms with Crippen LogP contribution in [0, 0.1) is 18.3 Å². The summed E-state index contributed by atoms with van der Waals surface area (Å²) >= 11 is 2.81. The van der Waals surface area contributed by atoms with Gasteiger partial charge in [-0.1, -0.05) is 35.9 Å². The van der Waals surface area contributed by atoms with E-state index in [0.717, 1.165) is 42.5 Å². The predicted molar refractivity (Wildman–Crippen MR) is 114 cm³/mol. The Balaban J connectivity index is 1.44. The molecule has 0 saturated carbocycles. The average Bonchev–Trinajstić information content (AvgIpc) is 3.24. The van der Waals surface area contributed by atoms with Crippen LogP contribution in [-0.2, 0) is 17.6 Å². The zero-order chi connectivity index (χ0) is 20.2. The first-order valence-electron chi connectivity index (χ1n) is 9.48. The van der Waals surface area contributed by atoms with Crippen molar-refractivity contribution in [2.24, 2.45) is 0 Å². The molecular formula is C20H20N6OS2. The van der Waals surface area contributed by atoms with Gasteiger partial charge in [0.05, 0.1) is 17.0 Å². The third-order valence-electron chi connectivity index (χ3n) is 4.84. The molecule has 29 heavy (non-hydrogen) atoms. The number of aryl methyl sites for hydroxylation is 2. The first kappa shape index (κ1) is 19.6. The summed E-state index contributed by atoms with van der Waals surface area (Å²) in [6.45, 7) is 2.02. The number of benzene rings is 1. The molecule has 3 aromatic rings. The zero-order valence-corrected chi connectivity index (χ0v) is 17.6. The highest BCUT2D eigenvalue weighted by Gasteiger charge is 2.21. The van der Waals surface area contributed by atoms with Gasteiger partial charge >= 0.3 is 0 Å². The highest BCUT2D eigenvalue weighted by molar-refractivity contribution is 7.99. The molecule has 1 aromatic carbocycles. The normalized spacial score (nSPS) is 13.4. The van der Waals surface area contributed by atoms with Gasteiger partial charge in [-0.15, -0.1) is 16.4 Å². The Morgan fingerprint density at radius 1 is 1.28 bits per heavy atom. The van der Waals surface area contributed by atoms with Gasteiger partial charge in [0.15, 0.2) is 0 Å². The lowest BCUT2D eigenvalue weighted by atomic mass is 10.1. The molecule has 0 aliphatic heterocycles. The fourth-order valence-electron chi connectivity index (χ4n) is 3.36. The number of carbonyl (C=O) groups is 1. The minimum Gasteiger partial charge on any atom is -0.316 e. The number of anilines is 1. The molecule has 1 N–H and O–H groups in total. The second-order valence-electron chi connectivity index (χ2n) is 6.93. The zero-order valence-electron chi connectivity index (χ0n) is 16.0. The van der Waals surface area contributed by atoms with E-state index in [4.69, 9.17) is 0 Å². The molecule has 148 valence electrons. The molecule has 0 atom stereocenters. The quantitative estimate of drug-likeness (QED) is 0.493. The summed E-state index contributed by atoms with van der Waals surface area (Å²) < 4.78 is 1.62. The Labute approximate surface area is 177 Å². The van der Waals surface area contributed by atoms with Crippen molar-refractivity contribution in [1.82, 2.24) is 20.2 Å². The van der Waals surface area contributed by atoms with E-state index in [2.05, 4.69) is 26.9 Å². The van der Waals surface area contributed by atoms with Crippen LogP contribution in [0.2, 0.25) is 0 Å². The van der Waals surface area contributed by atoms with E-state index >= 15 is 0 Å². The summed E-state index contributed by atoms with van der Waals surface area (Å²) in [7, 11) is 0. The number of nitrogens with one attached hydrogen (secondary N) is 1. The van der Waals surface area contributed by atoms with Gasteiger partial charge in [0, 0.05) is 4.88 Å². The lowest BCUT2D eigenvalue weighted by molar-refractivity contribution is -0.113. The van der Waals surface area contributed by atoms with Crippen LogP contribution in [0.1, 0.15) is 40.8 Å². The monoisotopic (exact) mass is 424 g/mol. The second-order valence-corrected chi connectivity index (χ2v) is 8.97. The molecule has 0 radical (unpaired) electrons. The summed E-state index contributed by atoms with van der Waals surface area (Å²) in [4.78, 5) is 13.8. The summed E-state index contributed by atoms with van der Waals surface area (Å²) in [5.41, 5.74) is 3.76. The third kappa shape index (κ3) is 4.33. The molecule has 2 heterocycles. The number of fused-ring (bicyclic) bond motifs is 1. The van der Waals surface area contributed by atoms with Crippen molar-refractivity contribution in [1.29, 1.82) is 5.26 Å². The molecular weight excluding hydrogens is 404 g/mol. The minimum absolute atomic E-state index is 0.165. The van der Waals surface area contributed by atoms with Crippen LogP contribution in [0.15, 0.2) is 29.4 Å². The molecule has 9 heteroatoms. The lowest BCUT2D eigenvalue weighted by Gasteiger charge is -2.05. The molecule has 1 aliphatic rings. The smallest absolute Gasteiger partial charge is 0.235 e. The number of aromatic nitrogens is 4. The van der Waals surface area contributed by atoms with Crippen molar-refractivity contribution in [2.75, 3.05) is 11.1 Å². The number of rotatable bonds is 5. The second kappa shape index (κ2) is 8.76. The molecule has 0 bridgehead atoms. The third-order valence-corrected chi connectivity index (χ3v) is 6.96. The van der Waals surface area contributed by atoms with Crippen LogP contribution >= 0.6 is 23.1 Å². The maximum atomic E-state index is 12.5. The number of thiophene rings is 1. The van der Waals surface area contributed by atoms with Crippen molar-refractivity contribution in [3.8, 4) is 11.8 Å². The first-order chi connectivity index (χ1) is 14.2. The molecule has 0 unspecified atom stereocenters. The van der Waals surface area contributed by atoms with Crippen LogP contribution in [-0.4, -0.2) is 31.9 Å². The summed E-state index contributed by atoms with van der Waals surface area (Å²) in [5.74, 6) is 0.000937. The van der Waals surface area contributed by atoms with E-state index in [0.29, 0.717) is 15.7 Å². The van der Waals surface area contributed by atoms with Crippen LogP contribution in [0.3, 0.4) is 0 Å². The van der Waals surface area contributed by atoms with Crippen LogP contribution < -0.4 is 5.32 Å². The fourth-order valence-corrected chi connectivity index (χ4v) is 5.31. The van der Waals surface area contributed by atoms with E-state index in [9.17, 15) is 10.1 Å². The number of thioether (sulfide) groups is 1. The maximum Gasteiger partial charge on any atom is 0.235 e. The fraction of sp³-hybridized carbons (Fsp3) is 0.350. The van der Waals surface area contributed by atoms with Gasteiger partial charge in [-0.3, -0.25) is 4.79 Å². The largest absolute Gasteiger partial charge is 0.316 e. The number of amides is 1. The van der Waals surface area contributed by atoms with E-state index in [-0.39, 0.29) is 11.7 Å². The Morgan fingerprint density at radius 3 is 2.86 bits per heavy atom. The minimum atomic E-state index is -0.165. The van der Waals surface area contributed by atoms with Crippen LogP contribution in [0.5, 0.6) is 0 Å². The van der Waals surface area contributed by atoms with Gasteiger partial charge < -0.3 is 5.32 Å². The standard InChI is InChI=1S/C20H20N6OS2/c1-13-7-9-14(10-8-13)26-20(23-24-25-26)28-12-18(27)22-19-16(11-21)15-5-3-2-4-6-17(15)29-19/h7-10H,2-6,12H2,1H3,(H,22,27). The topological polar surface area (TPSA) is 96.5 Å². The van der Waals surface area contributed by atoms with Crippen molar-refractivity contribution < 1.29 is 4.79 Å². The lowest BCUT2D eigenvalue weighted by Crippen LogP contribution is -2.14. The number of tetrazole rings is 1. The van der Waals surface area contributed by atoms with Crippen molar-refractivity contribution in [3.05, 3.63) is 45.8 Å². The summed E-state index contributed by atoms with van der Waals surface area (Å²) in [6.07, 6.45) is 5.35. The van der Waals surface area contributed by atoms with Crippen LogP contribution in [0.4, 0.5) is 5.00 Å². The highest BCUT2D eigenvalue weighted by atomic mass is 32.2. The van der Waals surface area contributed by atoms with E-state index in [1.807, 2.05) is 31.2 Å². The predicted octanol–water partition coefficient (Wildman–Crippen LogP) is 3.90. The SMILES string of the molecule is Cc1ccc(-n2nnnc2SCC(=O)Nc2sc3c(c2C#N)CCCCC3)cc1. The number of hydrogen-bond acceptors (Lipinski definition) is 7. The Morgan fingerprint density at radius 2 is 2.07 bits per heavy atom. The van der Waals surface area contributed by atoms with Gasteiger partial charge in [0.25, 0.3) is 0 Å².